The number of aromatic nitrogens is 3. The quantitative estimate of drug-likeness (QED) is 0.896. The number of rotatable bonds is 5. The summed E-state index contributed by atoms with van der Waals surface area (Å²) in [5, 5.41) is 8.05. The molecule has 4 heteroatoms. The third kappa shape index (κ3) is 3.41. The Morgan fingerprint density at radius 2 is 2.00 bits per heavy atom. The molecule has 0 aromatic carbocycles. The van der Waals surface area contributed by atoms with Gasteiger partial charge in [-0.05, 0) is 18.1 Å². The lowest BCUT2D eigenvalue weighted by molar-refractivity contribution is 0.585. The van der Waals surface area contributed by atoms with Gasteiger partial charge in [0, 0.05) is 36.7 Å². The first-order valence-corrected chi connectivity index (χ1v) is 6.80. The van der Waals surface area contributed by atoms with Gasteiger partial charge in [-0.15, -0.1) is 0 Å². The molecule has 1 N–H and O–H groups in total. The van der Waals surface area contributed by atoms with Gasteiger partial charge < -0.3 is 5.32 Å². The number of nitrogens with zero attached hydrogens (tertiary/aromatic N) is 3. The van der Waals surface area contributed by atoms with Gasteiger partial charge in [0.1, 0.15) is 0 Å². The highest BCUT2D eigenvalue weighted by Gasteiger charge is 2.08. The van der Waals surface area contributed by atoms with Crippen molar-refractivity contribution < 1.29 is 0 Å². The Morgan fingerprint density at radius 3 is 2.63 bits per heavy atom. The van der Waals surface area contributed by atoms with E-state index in [1.807, 2.05) is 29.3 Å². The summed E-state index contributed by atoms with van der Waals surface area (Å²) >= 11 is 0. The first-order valence-electron chi connectivity index (χ1n) is 6.80. The highest BCUT2D eigenvalue weighted by atomic mass is 15.3. The molecule has 0 atom stereocenters. The van der Waals surface area contributed by atoms with E-state index < -0.39 is 0 Å². The summed E-state index contributed by atoms with van der Waals surface area (Å²) in [5.74, 6) is 0.445. The van der Waals surface area contributed by atoms with Crippen LogP contribution in [0.5, 0.6) is 0 Å². The van der Waals surface area contributed by atoms with Crippen LogP contribution in [-0.2, 0) is 6.54 Å². The van der Waals surface area contributed by atoms with Crippen molar-refractivity contribution in [3.05, 3.63) is 42.0 Å². The fourth-order valence-electron chi connectivity index (χ4n) is 1.87. The lowest BCUT2D eigenvalue weighted by Gasteiger charge is -2.12. The van der Waals surface area contributed by atoms with E-state index in [1.54, 1.807) is 0 Å². The molecule has 0 aliphatic carbocycles. The van der Waals surface area contributed by atoms with Crippen LogP contribution in [0.1, 0.15) is 44.9 Å². The van der Waals surface area contributed by atoms with E-state index in [9.17, 15) is 0 Å². The van der Waals surface area contributed by atoms with E-state index in [2.05, 4.69) is 49.2 Å². The molecule has 4 nitrogen and oxygen atoms in total. The average molecular weight is 258 g/mol. The second-order valence-corrected chi connectivity index (χ2v) is 5.38. The van der Waals surface area contributed by atoms with Crippen LogP contribution in [0.2, 0.25) is 0 Å². The first kappa shape index (κ1) is 13.7. The smallest absolute Gasteiger partial charge is 0.0721 e. The Labute approximate surface area is 114 Å². The Bertz CT molecular complexity index is 528. The van der Waals surface area contributed by atoms with Crippen LogP contribution in [0.15, 0.2) is 30.7 Å². The maximum absolute atomic E-state index is 4.63. The maximum Gasteiger partial charge on any atom is 0.0721 e. The summed E-state index contributed by atoms with van der Waals surface area (Å²) in [7, 11) is 0. The number of nitrogens with one attached hydrogen (secondary N) is 1. The molecule has 0 spiro atoms. The Balaban J connectivity index is 2.27. The fraction of sp³-hybridized carbons (Fsp3) is 0.467. The minimum Gasteiger partial charge on any atom is -0.310 e. The van der Waals surface area contributed by atoms with Gasteiger partial charge in [0.05, 0.1) is 11.4 Å². The Kier molecular flexibility index (Phi) is 4.32. The summed E-state index contributed by atoms with van der Waals surface area (Å²) in [4.78, 5) is 4.21. The second kappa shape index (κ2) is 5.97. The van der Waals surface area contributed by atoms with Crippen LogP contribution in [0.25, 0.3) is 5.69 Å². The average Bonchev–Trinajstić information content (AvgIpc) is 2.86. The van der Waals surface area contributed by atoms with Crippen LogP contribution < -0.4 is 5.32 Å². The van der Waals surface area contributed by atoms with Crippen molar-refractivity contribution in [1.82, 2.24) is 20.1 Å². The predicted molar refractivity (Wildman–Crippen MR) is 77.4 cm³/mol. The Hall–Kier alpha value is -1.68. The lowest BCUT2D eigenvalue weighted by atomic mass is 10.1. The molecule has 0 saturated heterocycles. The van der Waals surface area contributed by atoms with Crippen molar-refractivity contribution in [1.29, 1.82) is 0 Å². The van der Waals surface area contributed by atoms with E-state index >= 15 is 0 Å². The van der Waals surface area contributed by atoms with Gasteiger partial charge in [0.15, 0.2) is 0 Å². The topological polar surface area (TPSA) is 42.7 Å². The first-order chi connectivity index (χ1) is 9.08. The Morgan fingerprint density at radius 1 is 1.21 bits per heavy atom. The zero-order valence-electron chi connectivity index (χ0n) is 12.1. The van der Waals surface area contributed by atoms with Gasteiger partial charge in [-0.2, -0.15) is 5.10 Å². The van der Waals surface area contributed by atoms with Crippen molar-refractivity contribution in [2.45, 2.75) is 46.2 Å². The molecule has 0 radical (unpaired) electrons. The van der Waals surface area contributed by atoms with E-state index in [1.165, 1.54) is 0 Å². The van der Waals surface area contributed by atoms with E-state index in [0.717, 1.165) is 23.5 Å². The molecule has 0 unspecified atom stereocenters. The van der Waals surface area contributed by atoms with Crippen molar-refractivity contribution in [2.75, 3.05) is 0 Å². The molecule has 19 heavy (non-hydrogen) atoms. The maximum atomic E-state index is 4.63. The predicted octanol–water partition coefficient (Wildman–Crippen LogP) is 2.89. The molecule has 0 aliphatic heterocycles. The summed E-state index contributed by atoms with van der Waals surface area (Å²) in [6.07, 6.45) is 5.73. The molecule has 0 aliphatic rings. The standard InChI is InChI=1S/C15H22N4/c1-11(2)14-6-8-19(18-14)15-5-7-16-9-13(15)10-17-12(3)4/h5-9,11-12,17H,10H2,1-4H3. The summed E-state index contributed by atoms with van der Waals surface area (Å²) in [6, 6.07) is 4.54. The third-order valence-corrected chi connectivity index (χ3v) is 3.03. The molecule has 0 fully saturated rings. The highest BCUT2D eigenvalue weighted by Crippen LogP contribution is 2.16. The van der Waals surface area contributed by atoms with Gasteiger partial charge in [-0.25, -0.2) is 4.68 Å². The van der Waals surface area contributed by atoms with E-state index in [0.29, 0.717) is 12.0 Å². The minimum absolute atomic E-state index is 0.445. The number of hydrogen-bond acceptors (Lipinski definition) is 3. The minimum atomic E-state index is 0.445. The van der Waals surface area contributed by atoms with Crippen molar-refractivity contribution in [2.24, 2.45) is 0 Å². The van der Waals surface area contributed by atoms with Gasteiger partial charge in [0.25, 0.3) is 0 Å². The molecule has 2 rings (SSSR count). The van der Waals surface area contributed by atoms with Crippen LogP contribution in [0, 0.1) is 0 Å². The van der Waals surface area contributed by atoms with Crippen LogP contribution >= 0.6 is 0 Å². The second-order valence-electron chi connectivity index (χ2n) is 5.38. The molecule has 102 valence electrons. The van der Waals surface area contributed by atoms with E-state index in [-0.39, 0.29) is 0 Å². The number of pyridine rings is 1. The zero-order chi connectivity index (χ0) is 13.8. The van der Waals surface area contributed by atoms with Gasteiger partial charge in [-0.1, -0.05) is 27.7 Å². The van der Waals surface area contributed by atoms with Gasteiger partial charge in [-0.3, -0.25) is 4.98 Å². The molecular weight excluding hydrogens is 236 g/mol. The largest absolute Gasteiger partial charge is 0.310 e. The monoisotopic (exact) mass is 258 g/mol. The van der Waals surface area contributed by atoms with Crippen molar-refractivity contribution >= 4 is 0 Å². The van der Waals surface area contributed by atoms with Crippen LogP contribution in [0.3, 0.4) is 0 Å². The number of hydrogen-bond donors (Lipinski definition) is 1. The van der Waals surface area contributed by atoms with Gasteiger partial charge in [0.2, 0.25) is 0 Å². The SMILES string of the molecule is CC(C)NCc1cnccc1-n1ccc(C(C)C)n1. The molecule has 0 amide bonds. The summed E-state index contributed by atoms with van der Waals surface area (Å²) in [6.45, 7) is 9.39. The lowest BCUT2D eigenvalue weighted by Crippen LogP contribution is -2.22. The van der Waals surface area contributed by atoms with Crippen LogP contribution in [0.4, 0.5) is 0 Å². The molecular formula is C15H22N4. The third-order valence-electron chi connectivity index (χ3n) is 3.03. The van der Waals surface area contributed by atoms with Gasteiger partial charge >= 0.3 is 0 Å². The summed E-state index contributed by atoms with van der Waals surface area (Å²) in [5.41, 5.74) is 3.37. The molecule has 2 aromatic heterocycles. The summed E-state index contributed by atoms with van der Waals surface area (Å²) < 4.78 is 1.94. The molecule has 2 heterocycles. The highest BCUT2D eigenvalue weighted by molar-refractivity contribution is 5.38. The molecule has 0 saturated carbocycles. The molecule has 0 bridgehead atoms. The van der Waals surface area contributed by atoms with Crippen molar-refractivity contribution in [3.63, 3.8) is 0 Å². The van der Waals surface area contributed by atoms with Crippen LogP contribution in [-0.4, -0.2) is 20.8 Å². The zero-order valence-corrected chi connectivity index (χ0v) is 12.1. The van der Waals surface area contributed by atoms with Crippen molar-refractivity contribution in [3.8, 4) is 5.69 Å². The van der Waals surface area contributed by atoms with E-state index in [4.69, 9.17) is 0 Å². The fourth-order valence-corrected chi connectivity index (χ4v) is 1.87. The normalized spacial score (nSPS) is 11.5. The molecule has 2 aromatic rings.